The van der Waals surface area contributed by atoms with Crippen LogP contribution in [0.15, 0.2) is 22.7 Å². The first-order valence-corrected chi connectivity index (χ1v) is 5.13. The third-order valence-corrected chi connectivity index (χ3v) is 2.66. The van der Waals surface area contributed by atoms with Crippen molar-refractivity contribution in [2.24, 2.45) is 5.92 Å². The van der Waals surface area contributed by atoms with Gasteiger partial charge in [0.25, 0.3) is 0 Å². The van der Waals surface area contributed by atoms with E-state index < -0.39 is 5.82 Å². The molecule has 0 aromatic heterocycles. The number of halogens is 2. The molecule has 0 atom stereocenters. The van der Waals surface area contributed by atoms with Crippen LogP contribution in [0.5, 0.6) is 5.75 Å². The summed E-state index contributed by atoms with van der Waals surface area (Å²) < 4.78 is 18.3. The molecule has 0 bridgehead atoms. The van der Waals surface area contributed by atoms with Crippen LogP contribution in [0.2, 0.25) is 0 Å². The van der Waals surface area contributed by atoms with Gasteiger partial charge in [0.15, 0.2) is 0 Å². The molecule has 0 unspecified atom stereocenters. The third-order valence-electron chi connectivity index (χ3n) is 2.02. The lowest BCUT2D eigenvalue weighted by atomic mass is 10.3. The Morgan fingerprint density at radius 2 is 2.21 bits per heavy atom. The lowest BCUT2D eigenvalue weighted by Gasteiger charge is -2.03. The van der Waals surface area contributed by atoms with E-state index in [-0.39, 0.29) is 17.6 Å². The van der Waals surface area contributed by atoms with E-state index in [0.29, 0.717) is 4.47 Å². The van der Waals surface area contributed by atoms with Crippen molar-refractivity contribution < 1.29 is 13.9 Å². The Morgan fingerprint density at radius 3 is 2.79 bits per heavy atom. The first kappa shape index (κ1) is 9.65. The smallest absolute Gasteiger partial charge is 0.314 e. The fraction of sp³-hybridized carbons (Fsp3) is 0.300. The Labute approximate surface area is 89.2 Å². The van der Waals surface area contributed by atoms with Gasteiger partial charge in [0, 0.05) is 6.07 Å². The zero-order chi connectivity index (χ0) is 10.1. The molecular formula is C10H8BrFO2. The summed E-state index contributed by atoms with van der Waals surface area (Å²) in [6, 6.07) is 4.28. The SMILES string of the molecule is O=C(Oc1ccc(Br)c(F)c1)C1CC1. The quantitative estimate of drug-likeness (QED) is 0.603. The molecule has 0 heterocycles. The van der Waals surface area contributed by atoms with E-state index in [1.165, 1.54) is 12.1 Å². The molecule has 1 fully saturated rings. The lowest BCUT2D eigenvalue weighted by Crippen LogP contribution is -2.09. The number of hydrogen-bond donors (Lipinski definition) is 0. The minimum absolute atomic E-state index is 0.0294. The van der Waals surface area contributed by atoms with Gasteiger partial charge in [-0.05, 0) is 40.9 Å². The predicted molar refractivity (Wildman–Crippen MR) is 52.5 cm³/mol. The summed E-state index contributed by atoms with van der Waals surface area (Å²) in [5, 5.41) is 0. The molecule has 0 aliphatic heterocycles. The first-order valence-electron chi connectivity index (χ1n) is 4.33. The predicted octanol–water partition coefficient (Wildman–Crippen LogP) is 2.90. The Balaban J connectivity index is 2.08. The number of ether oxygens (including phenoxy) is 1. The van der Waals surface area contributed by atoms with Crippen LogP contribution in [0.3, 0.4) is 0 Å². The van der Waals surface area contributed by atoms with E-state index in [1.54, 1.807) is 6.07 Å². The largest absolute Gasteiger partial charge is 0.426 e. The molecule has 1 saturated carbocycles. The summed E-state index contributed by atoms with van der Waals surface area (Å²) in [7, 11) is 0. The van der Waals surface area contributed by atoms with Crippen molar-refractivity contribution >= 4 is 21.9 Å². The van der Waals surface area contributed by atoms with Crippen molar-refractivity contribution in [1.29, 1.82) is 0 Å². The Kier molecular flexibility index (Phi) is 2.54. The molecule has 0 amide bonds. The number of esters is 1. The van der Waals surface area contributed by atoms with Gasteiger partial charge in [-0.1, -0.05) is 0 Å². The monoisotopic (exact) mass is 258 g/mol. The fourth-order valence-corrected chi connectivity index (χ4v) is 1.31. The minimum Gasteiger partial charge on any atom is -0.426 e. The second kappa shape index (κ2) is 3.69. The molecule has 74 valence electrons. The highest BCUT2D eigenvalue weighted by atomic mass is 79.9. The summed E-state index contributed by atoms with van der Waals surface area (Å²) in [4.78, 5) is 11.2. The maximum atomic E-state index is 13.0. The molecule has 2 nitrogen and oxygen atoms in total. The lowest BCUT2D eigenvalue weighted by molar-refractivity contribution is -0.135. The van der Waals surface area contributed by atoms with E-state index >= 15 is 0 Å². The standard InChI is InChI=1S/C10H8BrFO2/c11-8-4-3-7(5-9(8)12)14-10(13)6-1-2-6/h3-6H,1-2H2. The summed E-state index contributed by atoms with van der Waals surface area (Å²) in [6.07, 6.45) is 1.77. The van der Waals surface area contributed by atoms with Gasteiger partial charge in [-0.2, -0.15) is 0 Å². The highest BCUT2D eigenvalue weighted by Gasteiger charge is 2.31. The van der Waals surface area contributed by atoms with Gasteiger partial charge in [-0.25, -0.2) is 4.39 Å². The van der Waals surface area contributed by atoms with Gasteiger partial charge in [0.05, 0.1) is 10.4 Å². The summed E-state index contributed by atoms with van der Waals surface area (Å²) in [5.74, 6) is -0.387. The summed E-state index contributed by atoms with van der Waals surface area (Å²) >= 11 is 3.02. The minimum atomic E-state index is -0.425. The van der Waals surface area contributed by atoms with Crippen molar-refractivity contribution in [3.8, 4) is 5.75 Å². The van der Waals surface area contributed by atoms with Crippen LogP contribution in [0.1, 0.15) is 12.8 Å². The average molecular weight is 259 g/mol. The van der Waals surface area contributed by atoms with Gasteiger partial charge in [0.1, 0.15) is 11.6 Å². The average Bonchev–Trinajstić information content (AvgIpc) is 2.94. The van der Waals surface area contributed by atoms with E-state index in [9.17, 15) is 9.18 Å². The second-order valence-corrected chi connectivity index (χ2v) is 4.13. The highest BCUT2D eigenvalue weighted by molar-refractivity contribution is 9.10. The molecule has 0 N–H and O–H groups in total. The van der Waals surface area contributed by atoms with Crippen molar-refractivity contribution in [2.45, 2.75) is 12.8 Å². The molecule has 0 radical (unpaired) electrons. The number of benzene rings is 1. The summed E-state index contributed by atoms with van der Waals surface area (Å²) in [6.45, 7) is 0. The van der Waals surface area contributed by atoms with Crippen molar-refractivity contribution in [3.05, 3.63) is 28.5 Å². The Hall–Kier alpha value is -0.900. The van der Waals surface area contributed by atoms with Crippen LogP contribution < -0.4 is 4.74 Å². The van der Waals surface area contributed by atoms with Crippen molar-refractivity contribution in [3.63, 3.8) is 0 Å². The molecule has 0 saturated heterocycles. The van der Waals surface area contributed by atoms with Crippen LogP contribution >= 0.6 is 15.9 Å². The molecule has 4 heteroatoms. The van der Waals surface area contributed by atoms with Crippen LogP contribution in [0.4, 0.5) is 4.39 Å². The Bertz CT molecular complexity index is 374. The molecule has 0 spiro atoms. The second-order valence-electron chi connectivity index (χ2n) is 3.27. The third kappa shape index (κ3) is 2.12. The molecule has 1 aliphatic carbocycles. The molecule has 1 aliphatic rings. The first-order chi connectivity index (χ1) is 6.66. The van der Waals surface area contributed by atoms with E-state index in [4.69, 9.17) is 4.74 Å². The van der Waals surface area contributed by atoms with Crippen molar-refractivity contribution in [1.82, 2.24) is 0 Å². The highest BCUT2D eigenvalue weighted by Crippen LogP contribution is 2.31. The van der Waals surface area contributed by atoms with E-state index in [0.717, 1.165) is 12.8 Å². The van der Waals surface area contributed by atoms with Crippen LogP contribution in [0, 0.1) is 11.7 Å². The van der Waals surface area contributed by atoms with Crippen LogP contribution in [0.25, 0.3) is 0 Å². The number of carbonyl (C=O) groups is 1. The van der Waals surface area contributed by atoms with E-state index in [1.807, 2.05) is 0 Å². The number of rotatable bonds is 2. The molecule has 1 aromatic carbocycles. The van der Waals surface area contributed by atoms with Gasteiger partial charge in [-0.3, -0.25) is 4.79 Å². The van der Waals surface area contributed by atoms with Gasteiger partial charge in [0.2, 0.25) is 0 Å². The number of carbonyl (C=O) groups excluding carboxylic acids is 1. The fourth-order valence-electron chi connectivity index (χ4n) is 1.06. The maximum Gasteiger partial charge on any atom is 0.314 e. The topological polar surface area (TPSA) is 26.3 Å². The van der Waals surface area contributed by atoms with Gasteiger partial charge in [-0.15, -0.1) is 0 Å². The molecular weight excluding hydrogens is 251 g/mol. The normalized spacial score (nSPS) is 15.3. The van der Waals surface area contributed by atoms with Crippen LogP contribution in [-0.2, 0) is 4.79 Å². The van der Waals surface area contributed by atoms with Crippen molar-refractivity contribution in [2.75, 3.05) is 0 Å². The number of hydrogen-bond acceptors (Lipinski definition) is 2. The Morgan fingerprint density at radius 1 is 1.50 bits per heavy atom. The summed E-state index contributed by atoms with van der Waals surface area (Å²) in [5.41, 5.74) is 0. The van der Waals surface area contributed by atoms with Gasteiger partial charge >= 0.3 is 5.97 Å². The zero-order valence-electron chi connectivity index (χ0n) is 7.30. The zero-order valence-corrected chi connectivity index (χ0v) is 8.88. The maximum absolute atomic E-state index is 13.0. The molecule has 2 rings (SSSR count). The molecule has 1 aromatic rings. The molecule has 14 heavy (non-hydrogen) atoms. The van der Waals surface area contributed by atoms with E-state index in [2.05, 4.69) is 15.9 Å². The van der Waals surface area contributed by atoms with Crippen LogP contribution in [-0.4, -0.2) is 5.97 Å². The van der Waals surface area contributed by atoms with Gasteiger partial charge < -0.3 is 4.74 Å².